The van der Waals surface area contributed by atoms with Gasteiger partial charge in [0.05, 0.1) is 22.7 Å². The number of hydrogen-bond acceptors (Lipinski definition) is 2. The molecule has 0 saturated heterocycles. The molecule has 0 spiro atoms. The van der Waals surface area contributed by atoms with Crippen LogP contribution in [0.3, 0.4) is 0 Å². The van der Waals surface area contributed by atoms with Gasteiger partial charge in [-0.15, -0.1) is 0 Å². The zero-order valence-electron chi connectivity index (χ0n) is 12.5. The molecule has 0 amide bonds. The molecular weight excluding hydrogens is 246 g/mol. The number of aromatic nitrogens is 2. The molecular formula is C17H21N3. The first-order chi connectivity index (χ1) is 9.50. The van der Waals surface area contributed by atoms with Gasteiger partial charge >= 0.3 is 0 Å². The van der Waals surface area contributed by atoms with Crippen molar-refractivity contribution < 1.29 is 0 Å². The molecule has 1 aliphatic rings. The maximum Gasteiger partial charge on any atom is 0.113 e. The normalized spacial score (nSPS) is 16.7. The molecule has 1 heterocycles. The Kier molecular flexibility index (Phi) is 3.05. The standard InChI is InChI=1S/C17H21N3/c1-17(2,3)20-15-9-8-12(11-18)10-14(15)19-16(20)13-6-4-5-7-13/h8-10,13H,4-7H2,1-3H3. The zero-order chi connectivity index (χ0) is 14.3. The van der Waals surface area contributed by atoms with Crippen LogP contribution in [0.4, 0.5) is 0 Å². The van der Waals surface area contributed by atoms with Crippen molar-refractivity contribution >= 4 is 11.0 Å². The summed E-state index contributed by atoms with van der Waals surface area (Å²) < 4.78 is 2.37. The molecule has 104 valence electrons. The predicted molar refractivity (Wildman–Crippen MR) is 80.7 cm³/mol. The van der Waals surface area contributed by atoms with Gasteiger partial charge in [-0.1, -0.05) is 12.8 Å². The molecule has 0 atom stereocenters. The molecule has 1 aromatic heterocycles. The Morgan fingerprint density at radius 2 is 1.95 bits per heavy atom. The van der Waals surface area contributed by atoms with Crippen LogP contribution >= 0.6 is 0 Å². The lowest BCUT2D eigenvalue weighted by Crippen LogP contribution is -2.25. The summed E-state index contributed by atoms with van der Waals surface area (Å²) in [4.78, 5) is 4.88. The van der Waals surface area contributed by atoms with Gasteiger partial charge in [-0.2, -0.15) is 5.26 Å². The number of fused-ring (bicyclic) bond motifs is 1. The zero-order valence-corrected chi connectivity index (χ0v) is 12.5. The van der Waals surface area contributed by atoms with Gasteiger partial charge in [0.2, 0.25) is 0 Å². The van der Waals surface area contributed by atoms with Gasteiger partial charge in [-0.25, -0.2) is 4.98 Å². The average Bonchev–Trinajstić information content (AvgIpc) is 3.03. The Bertz CT molecular complexity index is 677. The monoisotopic (exact) mass is 267 g/mol. The second-order valence-electron chi connectivity index (χ2n) is 6.77. The van der Waals surface area contributed by atoms with Crippen molar-refractivity contribution in [2.24, 2.45) is 0 Å². The fourth-order valence-corrected chi connectivity index (χ4v) is 3.33. The highest BCUT2D eigenvalue weighted by Crippen LogP contribution is 2.37. The van der Waals surface area contributed by atoms with Gasteiger partial charge in [0, 0.05) is 11.5 Å². The van der Waals surface area contributed by atoms with E-state index in [1.165, 1.54) is 31.5 Å². The summed E-state index contributed by atoms with van der Waals surface area (Å²) in [5.41, 5.74) is 2.81. The summed E-state index contributed by atoms with van der Waals surface area (Å²) in [5.74, 6) is 1.78. The summed E-state index contributed by atoms with van der Waals surface area (Å²) >= 11 is 0. The number of nitrogens with zero attached hydrogens (tertiary/aromatic N) is 3. The maximum absolute atomic E-state index is 9.06. The fourth-order valence-electron chi connectivity index (χ4n) is 3.33. The molecule has 3 nitrogen and oxygen atoms in total. The smallest absolute Gasteiger partial charge is 0.113 e. The van der Waals surface area contributed by atoms with Crippen molar-refractivity contribution in [1.29, 1.82) is 5.26 Å². The van der Waals surface area contributed by atoms with E-state index < -0.39 is 0 Å². The molecule has 3 rings (SSSR count). The van der Waals surface area contributed by atoms with Crippen molar-refractivity contribution in [3.8, 4) is 6.07 Å². The van der Waals surface area contributed by atoms with Crippen LogP contribution in [0.15, 0.2) is 18.2 Å². The topological polar surface area (TPSA) is 41.6 Å². The maximum atomic E-state index is 9.06. The van der Waals surface area contributed by atoms with Gasteiger partial charge in [-0.3, -0.25) is 0 Å². The summed E-state index contributed by atoms with van der Waals surface area (Å²) in [6.07, 6.45) is 5.10. The van der Waals surface area contributed by atoms with E-state index in [0.29, 0.717) is 11.5 Å². The van der Waals surface area contributed by atoms with E-state index >= 15 is 0 Å². The third-order valence-corrected chi connectivity index (χ3v) is 4.20. The first-order valence-electron chi connectivity index (χ1n) is 7.43. The number of rotatable bonds is 1. The van der Waals surface area contributed by atoms with E-state index in [2.05, 4.69) is 31.4 Å². The first kappa shape index (κ1) is 13.2. The van der Waals surface area contributed by atoms with Gasteiger partial charge in [0.15, 0.2) is 0 Å². The van der Waals surface area contributed by atoms with Crippen LogP contribution in [-0.4, -0.2) is 9.55 Å². The molecule has 3 heteroatoms. The molecule has 1 saturated carbocycles. The third kappa shape index (κ3) is 2.10. The lowest BCUT2D eigenvalue weighted by atomic mass is 10.0. The van der Waals surface area contributed by atoms with Gasteiger partial charge in [0.1, 0.15) is 5.82 Å². The molecule has 1 aliphatic carbocycles. The van der Waals surface area contributed by atoms with Gasteiger partial charge < -0.3 is 4.57 Å². The quantitative estimate of drug-likeness (QED) is 0.772. The van der Waals surface area contributed by atoms with Crippen LogP contribution in [0.5, 0.6) is 0 Å². The highest BCUT2D eigenvalue weighted by Gasteiger charge is 2.28. The van der Waals surface area contributed by atoms with Crippen molar-refractivity contribution in [2.75, 3.05) is 0 Å². The molecule has 1 fully saturated rings. The van der Waals surface area contributed by atoms with Gasteiger partial charge in [0.25, 0.3) is 0 Å². The Hall–Kier alpha value is -1.82. The van der Waals surface area contributed by atoms with Crippen LogP contribution in [0, 0.1) is 11.3 Å². The Labute approximate surface area is 120 Å². The van der Waals surface area contributed by atoms with E-state index in [0.717, 1.165) is 11.0 Å². The largest absolute Gasteiger partial charge is 0.322 e. The number of hydrogen-bond donors (Lipinski definition) is 0. The number of nitriles is 1. The minimum absolute atomic E-state index is 0.0147. The molecule has 0 aliphatic heterocycles. The van der Waals surface area contributed by atoms with E-state index in [1.807, 2.05) is 18.2 Å². The predicted octanol–water partition coefficient (Wildman–Crippen LogP) is 4.32. The minimum atomic E-state index is 0.0147. The van der Waals surface area contributed by atoms with Crippen molar-refractivity contribution in [3.63, 3.8) is 0 Å². The second kappa shape index (κ2) is 4.63. The van der Waals surface area contributed by atoms with E-state index in [9.17, 15) is 0 Å². The molecule has 1 aromatic carbocycles. The second-order valence-corrected chi connectivity index (χ2v) is 6.77. The van der Waals surface area contributed by atoms with Gasteiger partial charge in [-0.05, 0) is 51.8 Å². The lowest BCUT2D eigenvalue weighted by Gasteiger charge is -2.26. The molecule has 0 N–H and O–H groups in total. The van der Waals surface area contributed by atoms with E-state index in [4.69, 9.17) is 10.2 Å². The molecule has 2 aromatic rings. The number of imidazole rings is 1. The van der Waals surface area contributed by atoms with Crippen LogP contribution < -0.4 is 0 Å². The summed E-state index contributed by atoms with van der Waals surface area (Å²) in [6.45, 7) is 6.68. The Balaban J connectivity index is 2.24. The highest BCUT2D eigenvalue weighted by molar-refractivity contribution is 5.78. The molecule has 0 radical (unpaired) electrons. The average molecular weight is 267 g/mol. The van der Waals surface area contributed by atoms with E-state index in [-0.39, 0.29) is 5.54 Å². The lowest BCUT2D eigenvalue weighted by molar-refractivity contribution is 0.383. The first-order valence-corrected chi connectivity index (χ1v) is 7.43. The molecule has 0 bridgehead atoms. The van der Waals surface area contributed by atoms with Crippen LogP contribution in [0.2, 0.25) is 0 Å². The van der Waals surface area contributed by atoms with E-state index in [1.54, 1.807) is 0 Å². The number of benzene rings is 1. The SMILES string of the molecule is CC(C)(C)n1c(C2CCCC2)nc2cc(C#N)ccc21. The van der Waals surface area contributed by atoms with Crippen LogP contribution in [-0.2, 0) is 5.54 Å². The Morgan fingerprint density at radius 3 is 2.55 bits per heavy atom. The highest BCUT2D eigenvalue weighted by atomic mass is 15.1. The third-order valence-electron chi connectivity index (χ3n) is 4.20. The van der Waals surface area contributed by atoms with Crippen molar-refractivity contribution in [2.45, 2.75) is 57.9 Å². The Morgan fingerprint density at radius 1 is 1.25 bits per heavy atom. The van der Waals surface area contributed by atoms with Crippen molar-refractivity contribution in [1.82, 2.24) is 9.55 Å². The summed E-state index contributed by atoms with van der Waals surface area (Å²) in [5, 5.41) is 9.06. The van der Waals surface area contributed by atoms with Crippen LogP contribution in [0.1, 0.15) is 63.8 Å². The summed E-state index contributed by atoms with van der Waals surface area (Å²) in [7, 11) is 0. The molecule has 20 heavy (non-hydrogen) atoms. The van der Waals surface area contributed by atoms with Crippen LogP contribution in [0.25, 0.3) is 11.0 Å². The summed E-state index contributed by atoms with van der Waals surface area (Å²) in [6, 6.07) is 8.06. The molecule has 0 unspecified atom stereocenters. The fraction of sp³-hybridized carbons (Fsp3) is 0.529. The minimum Gasteiger partial charge on any atom is -0.322 e. The van der Waals surface area contributed by atoms with Crippen molar-refractivity contribution in [3.05, 3.63) is 29.6 Å².